The smallest absolute Gasteiger partial charge is 0.261 e. The molecule has 2 aromatic carbocycles. The van der Waals surface area contributed by atoms with E-state index >= 15 is 0 Å². The minimum absolute atomic E-state index is 0.101. The van der Waals surface area contributed by atoms with Crippen LogP contribution in [0, 0.1) is 6.92 Å². The van der Waals surface area contributed by atoms with Crippen molar-refractivity contribution in [3.63, 3.8) is 0 Å². The summed E-state index contributed by atoms with van der Waals surface area (Å²) < 4.78 is 0. The lowest BCUT2D eigenvalue weighted by Crippen LogP contribution is -2.31. The molecule has 0 fully saturated rings. The van der Waals surface area contributed by atoms with Gasteiger partial charge in [0.15, 0.2) is 0 Å². The van der Waals surface area contributed by atoms with Crippen molar-refractivity contribution in [2.45, 2.75) is 25.5 Å². The number of benzene rings is 2. The fourth-order valence-electron chi connectivity index (χ4n) is 2.98. The highest BCUT2D eigenvalue weighted by Crippen LogP contribution is 2.25. The molecule has 1 aliphatic rings. The third kappa shape index (κ3) is 4.23. The van der Waals surface area contributed by atoms with Gasteiger partial charge in [0.1, 0.15) is 0 Å². The number of nitrogens with zero attached hydrogens (tertiary/aromatic N) is 1. The maximum absolute atomic E-state index is 12.4. The highest BCUT2D eigenvalue weighted by atomic mass is 35.5. The van der Waals surface area contributed by atoms with Crippen LogP contribution in [0.1, 0.15) is 39.6 Å². The van der Waals surface area contributed by atoms with Crippen LogP contribution in [0.2, 0.25) is 5.02 Å². The molecule has 0 aromatic heterocycles. The Morgan fingerprint density at radius 3 is 2.39 bits per heavy atom. The lowest BCUT2D eigenvalue weighted by molar-refractivity contribution is -0.115. The summed E-state index contributed by atoms with van der Waals surface area (Å²) in [7, 11) is 0. The zero-order valence-electron chi connectivity index (χ0n) is 15.7. The molecule has 0 aliphatic carbocycles. The first-order valence-electron chi connectivity index (χ1n) is 9.03. The van der Waals surface area contributed by atoms with Gasteiger partial charge in [-0.15, -0.1) is 11.8 Å². The molecule has 3 amide bonds. The maximum Gasteiger partial charge on any atom is 0.261 e. The third-order valence-corrected chi connectivity index (χ3v) is 6.31. The molecule has 1 heterocycles. The molecule has 1 atom stereocenters. The molecule has 7 heteroatoms. The normalized spacial score (nSPS) is 14.2. The topological polar surface area (TPSA) is 66.5 Å². The molecular weight excluding hydrogens is 396 g/mol. The van der Waals surface area contributed by atoms with Gasteiger partial charge in [0.25, 0.3) is 11.8 Å². The van der Waals surface area contributed by atoms with E-state index in [0.29, 0.717) is 40.6 Å². The lowest BCUT2D eigenvalue weighted by Gasteiger charge is -2.16. The van der Waals surface area contributed by atoms with Gasteiger partial charge in [0, 0.05) is 17.3 Å². The van der Waals surface area contributed by atoms with Crippen molar-refractivity contribution in [1.82, 2.24) is 4.90 Å². The van der Waals surface area contributed by atoms with Gasteiger partial charge in [-0.05, 0) is 55.9 Å². The Labute approximate surface area is 173 Å². The van der Waals surface area contributed by atoms with Gasteiger partial charge < -0.3 is 5.32 Å². The maximum atomic E-state index is 12.4. The average molecular weight is 417 g/mol. The fraction of sp³-hybridized carbons (Fsp3) is 0.286. The molecular formula is C21H21ClN2O3S. The van der Waals surface area contributed by atoms with E-state index in [-0.39, 0.29) is 23.0 Å². The molecule has 0 radical (unpaired) electrons. The van der Waals surface area contributed by atoms with E-state index in [9.17, 15) is 14.4 Å². The molecule has 3 rings (SSSR count). The highest BCUT2D eigenvalue weighted by molar-refractivity contribution is 8.00. The van der Waals surface area contributed by atoms with Gasteiger partial charge in [-0.25, -0.2) is 0 Å². The molecule has 5 nitrogen and oxygen atoms in total. The molecule has 1 unspecified atom stereocenters. The number of rotatable bonds is 7. The third-order valence-electron chi connectivity index (χ3n) is 4.67. The van der Waals surface area contributed by atoms with Crippen molar-refractivity contribution >= 4 is 46.8 Å². The number of amides is 3. The van der Waals surface area contributed by atoms with Crippen LogP contribution in [0.25, 0.3) is 0 Å². The zero-order chi connectivity index (χ0) is 20.3. The minimum atomic E-state index is -0.263. The molecule has 0 saturated carbocycles. The number of anilines is 1. The summed E-state index contributed by atoms with van der Waals surface area (Å²) in [6.45, 7) is 4.04. The number of hydrogen-bond acceptors (Lipinski definition) is 4. The van der Waals surface area contributed by atoms with Gasteiger partial charge >= 0.3 is 0 Å². The number of halogens is 1. The molecule has 2 aromatic rings. The van der Waals surface area contributed by atoms with Crippen molar-refractivity contribution < 1.29 is 14.4 Å². The predicted molar refractivity (Wildman–Crippen MR) is 113 cm³/mol. The average Bonchev–Trinajstić information content (AvgIpc) is 2.93. The van der Waals surface area contributed by atoms with E-state index in [1.165, 1.54) is 16.7 Å². The quantitative estimate of drug-likeness (QED) is 0.536. The fourth-order valence-corrected chi connectivity index (χ4v) is 4.01. The van der Waals surface area contributed by atoms with Crippen LogP contribution in [0.3, 0.4) is 0 Å². The van der Waals surface area contributed by atoms with Crippen molar-refractivity contribution in [3.8, 4) is 0 Å². The molecule has 1 N–H and O–H groups in total. The Hall–Kier alpha value is -2.31. The number of nitrogens with one attached hydrogen (secondary N) is 1. The highest BCUT2D eigenvalue weighted by Gasteiger charge is 2.34. The van der Waals surface area contributed by atoms with Crippen LogP contribution < -0.4 is 5.32 Å². The van der Waals surface area contributed by atoms with Gasteiger partial charge in [-0.2, -0.15) is 0 Å². The Bertz CT molecular complexity index is 897. The standard InChI is InChI=1S/C21H21ClN2O3S/c1-13-17(22)9-5-10-18(13)23-19(25)14(2)28-12-6-11-24-20(26)15-7-3-4-8-16(15)21(24)27/h3-5,7-10,14H,6,11-12H2,1-2H3,(H,23,25). The summed E-state index contributed by atoms with van der Waals surface area (Å²) in [6, 6.07) is 12.3. The molecule has 146 valence electrons. The van der Waals surface area contributed by atoms with Crippen molar-refractivity contribution in [1.29, 1.82) is 0 Å². The van der Waals surface area contributed by atoms with E-state index in [1.807, 2.05) is 19.9 Å². The first-order chi connectivity index (χ1) is 13.4. The molecule has 0 bridgehead atoms. The van der Waals surface area contributed by atoms with Crippen LogP contribution in [-0.4, -0.2) is 40.2 Å². The zero-order valence-corrected chi connectivity index (χ0v) is 17.3. The van der Waals surface area contributed by atoms with Crippen LogP contribution >= 0.6 is 23.4 Å². The van der Waals surface area contributed by atoms with Crippen LogP contribution in [0.5, 0.6) is 0 Å². The number of carbonyl (C=O) groups is 3. The van der Waals surface area contributed by atoms with Crippen LogP contribution in [0.15, 0.2) is 42.5 Å². The Morgan fingerprint density at radius 2 is 1.75 bits per heavy atom. The summed E-state index contributed by atoms with van der Waals surface area (Å²) in [6.07, 6.45) is 0.629. The Morgan fingerprint density at radius 1 is 1.11 bits per heavy atom. The second kappa shape index (κ2) is 8.80. The van der Waals surface area contributed by atoms with E-state index in [2.05, 4.69) is 5.32 Å². The largest absolute Gasteiger partial charge is 0.325 e. The summed E-state index contributed by atoms with van der Waals surface area (Å²) in [5.41, 5.74) is 2.46. The van der Waals surface area contributed by atoms with Crippen LogP contribution in [-0.2, 0) is 4.79 Å². The van der Waals surface area contributed by atoms with E-state index in [1.54, 1.807) is 36.4 Å². The van der Waals surface area contributed by atoms with Gasteiger partial charge in [0.2, 0.25) is 5.91 Å². The predicted octanol–water partition coefficient (Wildman–Crippen LogP) is 4.39. The lowest BCUT2D eigenvalue weighted by atomic mass is 10.1. The number of thioether (sulfide) groups is 1. The van der Waals surface area contributed by atoms with E-state index in [4.69, 9.17) is 11.6 Å². The summed E-state index contributed by atoms with van der Waals surface area (Å²) in [5.74, 6) is 0.0769. The first-order valence-corrected chi connectivity index (χ1v) is 10.5. The van der Waals surface area contributed by atoms with Crippen LogP contribution in [0.4, 0.5) is 5.69 Å². The second-order valence-corrected chi connectivity index (χ2v) is 8.43. The Kier molecular flexibility index (Phi) is 6.42. The number of fused-ring (bicyclic) bond motifs is 1. The molecule has 0 spiro atoms. The van der Waals surface area contributed by atoms with Gasteiger partial charge in [0.05, 0.1) is 16.4 Å². The van der Waals surface area contributed by atoms with E-state index < -0.39 is 0 Å². The first kappa shape index (κ1) is 20.4. The molecule has 0 saturated heterocycles. The summed E-state index contributed by atoms with van der Waals surface area (Å²) >= 11 is 7.57. The molecule has 1 aliphatic heterocycles. The van der Waals surface area contributed by atoms with E-state index in [0.717, 1.165) is 5.56 Å². The summed E-state index contributed by atoms with van der Waals surface area (Å²) in [4.78, 5) is 38.3. The summed E-state index contributed by atoms with van der Waals surface area (Å²) in [5, 5.41) is 3.24. The minimum Gasteiger partial charge on any atom is -0.325 e. The number of hydrogen-bond donors (Lipinski definition) is 1. The van der Waals surface area contributed by atoms with Gasteiger partial charge in [-0.3, -0.25) is 19.3 Å². The van der Waals surface area contributed by atoms with Gasteiger partial charge in [-0.1, -0.05) is 29.8 Å². The Balaban J connectivity index is 1.46. The second-order valence-electron chi connectivity index (χ2n) is 6.58. The monoisotopic (exact) mass is 416 g/mol. The van der Waals surface area contributed by atoms with Crippen molar-refractivity contribution in [2.75, 3.05) is 17.6 Å². The van der Waals surface area contributed by atoms with Crippen molar-refractivity contribution in [2.24, 2.45) is 0 Å². The molecule has 28 heavy (non-hydrogen) atoms. The number of carbonyl (C=O) groups excluding carboxylic acids is 3. The SMILES string of the molecule is Cc1c(Cl)cccc1NC(=O)C(C)SCCCN1C(=O)c2ccccc2C1=O. The number of imide groups is 1. The van der Waals surface area contributed by atoms with Crippen molar-refractivity contribution in [3.05, 3.63) is 64.2 Å².